The van der Waals surface area contributed by atoms with Gasteiger partial charge < -0.3 is 9.47 Å². The molecule has 3 aromatic rings. The van der Waals surface area contributed by atoms with E-state index < -0.39 is 0 Å². The number of carbonyl (C=O) groups excluding carboxylic acids is 1. The van der Waals surface area contributed by atoms with Crippen LogP contribution in [0.3, 0.4) is 0 Å². The number of anilines is 1. The van der Waals surface area contributed by atoms with E-state index in [9.17, 15) is 4.79 Å². The Morgan fingerprint density at radius 2 is 1.91 bits per heavy atom. The second-order valence-electron chi connectivity index (χ2n) is 5.08. The van der Waals surface area contributed by atoms with Gasteiger partial charge in [0.1, 0.15) is 11.0 Å². The van der Waals surface area contributed by atoms with Gasteiger partial charge in [0.2, 0.25) is 0 Å². The highest BCUT2D eigenvalue weighted by Gasteiger charge is 2.14. The Hall–Kier alpha value is -3.02. The van der Waals surface area contributed by atoms with Crippen molar-refractivity contribution in [1.82, 2.24) is 4.98 Å². The van der Waals surface area contributed by atoms with Crippen LogP contribution >= 0.6 is 0 Å². The molecule has 0 atom stereocenters. The quantitative estimate of drug-likeness (QED) is 0.758. The molecule has 3 rings (SSSR count). The molecule has 0 saturated carbocycles. The highest BCUT2D eigenvalue weighted by atomic mass is 16.5. The van der Waals surface area contributed by atoms with E-state index in [2.05, 4.69) is 15.3 Å². The summed E-state index contributed by atoms with van der Waals surface area (Å²) in [5.74, 6) is 1.69. The van der Waals surface area contributed by atoms with Crippen molar-refractivity contribution in [3.63, 3.8) is 0 Å². The SMILES string of the molecule is COc1ccc(CC(=O)Nc2[nH]c3ccccc3[nH+]2)cc1OC. The second kappa shape index (κ2) is 6.39. The number of nitrogens with one attached hydrogen (secondary N) is 3. The van der Waals surface area contributed by atoms with E-state index >= 15 is 0 Å². The number of hydrogen-bond acceptors (Lipinski definition) is 3. The molecule has 1 heterocycles. The summed E-state index contributed by atoms with van der Waals surface area (Å²) in [6, 6.07) is 13.2. The molecule has 0 saturated heterocycles. The molecule has 0 spiro atoms. The molecule has 3 N–H and O–H groups in total. The highest BCUT2D eigenvalue weighted by molar-refractivity contribution is 5.91. The fraction of sp³-hybridized carbons (Fsp3) is 0.176. The normalized spacial score (nSPS) is 10.5. The number of benzene rings is 2. The van der Waals surface area contributed by atoms with Crippen LogP contribution in [0.5, 0.6) is 11.5 Å². The van der Waals surface area contributed by atoms with Crippen LogP contribution in [0.25, 0.3) is 11.0 Å². The number of para-hydroxylation sites is 2. The van der Waals surface area contributed by atoms with E-state index in [4.69, 9.17) is 9.47 Å². The van der Waals surface area contributed by atoms with E-state index in [0.29, 0.717) is 17.4 Å². The van der Waals surface area contributed by atoms with Crippen LogP contribution in [0.1, 0.15) is 5.56 Å². The summed E-state index contributed by atoms with van der Waals surface area (Å²) in [5, 5.41) is 2.82. The first-order valence-electron chi connectivity index (χ1n) is 7.20. The molecule has 0 bridgehead atoms. The van der Waals surface area contributed by atoms with Crippen molar-refractivity contribution in [1.29, 1.82) is 0 Å². The van der Waals surface area contributed by atoms with Crippen LogP contribution in [0.4, 0.5) is 5.95 Å². The zero-order valence-electron chi connectivity index (χ0n) is 13.0. The average Bonchev–Trinajstić information content (AvgIpc) is 2.96. The predicted octanol–water partition coefficient (Wildman–Crippen LogP) is 2.18. The van der Waals surface area contributed by atoms with Gasteiger partial charge in [0, 0.05) is 0 Å². The number of carbonyl (C=O) groups is 1. The molecule has 0 aliphatic carbocycles. The fourth-order valence-electron chi connectivity index (χ4n) is 2.42. The van der Waals surface area contributed by atoms with Crippen LogP contribution in [0, 0.1) is 0 Å². The molecule has 6 nitrogen and oxygen atoms in total. The van der Waals surface area contributed by atoms with Gasteiger partial charge >= 0.3 is 5.95 Å². The Bertz CT molecular complexity index is 809. The Morgan fingerprint density at radius 3 is 2.65 bits per heavy atom. The average molecular weight is 312 g/mol. The third kappa shape index (κ3) is 3.26. The van der Waals surface area contributed by atoms with Crippen molar-refractivity contribution >= 4 is 22.9 Å². The van der Waals surface area contributed by atoms with Crippen molar-refractivity contribution in [2.75, 3.05) is 19.5 Å². The van der Waals surface area contributed by atoms with E-state index in [1.54, 1.807) is 26.4 Å². The fourth-order valence-corrected chi connectivity index (χ4v) is 2.42. The number of fused-ring (bicyclic) bond motifs is 1. The summed E-state index contributed by atoms with van der Waals surface area (Å²) in [6.45, 7) is 0. The molecule has 1 aromatic heterocycles. The minimum absolute atomic E-state index is 0.125. The molecule has 23 heavy (non-hydrogen) atoms. The summed E-state index contributed by atoms with van der Waals surface area (Å²) >= 11 is 0. The number of aromatic amines is 2. The van der Waals surface area contributed by atoms with Crippen molar-refractivity contribution < 1.29 is 19.3 Å². The van der Waals surface area contributed by atoms with Gasteiger partial charge in [-0.25, -0.2) is 15.3 Å². The smallest absolute Gasteiger partial charge is 0.360 e. The molecular weight excluding hydrogens is 294 g/mol. The van der Waals surface area contributed by atoms with Crippen LogP contribution in [-0.4, -0.2) is 25.1 Å². The lowest BCUT2D eigenvalue weighted by Crippen LogP contribution is -2.19. The van der Waals surface area contributed by atoms with Crippen LogP contribution < -0.4 is 19.8 Å². The monoisotopic (exact) mass is 312 g/mol. The molecular formula is C17H18N3O3+. The molecule has 0 unspecified atom stereocenters. The van der Waals surface area contributed by atoms with E-state index in [-0.39, 0.29) is 12.3 Å². The lowest BCUT2D eigenvalue weighted by molar-refractivity contribution is -0.326. The van der Waals surface area contributed by atoms with Gasteiger partial charge in [-0.3, -0.25) is 4.79 Å². The first kappa shape index (κ1) is 14.9. The number of rotatable bonds is 5. The molecule has 1 amide bonds. The summed E-state index contributed by atoms with van der Waals surface area (Å²) in [5.41, 5.74) is 2.72. The van der Waals surface area contributed by atoms with E-state index in [1.165, 1.54) is 0 Å². The lowest BCUT2D eigenvalue weighted by Gasteiger charge is -2.08. The molecule has 2 aromatic carbocycles. The minimum atomic E-state index is -0.125. The maximum Gasteiger partial charge on any atom is 0.360 e. The first-order valence-corrected chi connectivity index (χ1v) is 7.20. The Kier molecular flexibility index (Phi) is 4.14. The van der Waals surface area contributed by atoms with Crippen molar-refractivity contribution in [2.24, 2.45) is 0 Å². The largest absolute Gasteiger partial charge is 0.493 e. The van der Waals surface area contributed by atoms with Crippen molar-refractivity contribution in [2.45, 2.75) is 6.42 Å². The Balaban J connectivity index is 1.71. The number of methoxy groups -OCH3 is 2. The number of imidazole rings is 1. The van der Waals surface area contributed by atoms with Crippen molar-refractivity contribution in [3.8, 4) is 11.5 Å². The van der Waals surface area contributed by atoms with Gasteiger partial charge in [0.25, 0.3) is 5.91 Å². The Morgan fingerprint density at radius 1 is 1.13 bits per heavy atom. The lowest BCUT2D eigenvalue weighted by atomic mass is 10.1. The summed E-state index contributed by atoms with van der Waals surface area (Å²) < 4.78 is 10.4. The second-order valence-corrected chi connectivity index (χ2v) is 5.08. The highest BCUT2D eigenvalue weighted by Crippen LogP contribution is 2.27. The van der Waals surface area contributed by atoms with Gasteiger partial charge in [-0.15, -0.1) is 0 Å². The first-order chi connectivity index (χ1) is 11.2. The van der Waals surface area contributed by atoms with Crippen LogP contribution in [0.2, 0.25) is 0 Å². The van der Waals surface area contributed by atoms with Crippen LogP contribution in [-0.2, 0) is 11.2 Å². The number of aromatic nitrogens is 2. The zero-order valence-corrected chi connectivity index (χ0v) is 13.0. The topological polar surface area (TPSA) is 77.5 Å². The number of ether oxygens (including phenoxy) is 2. The summed E-state index contributed by atoms with van der Waals surface area (Å²) in [6.07, 6.45) is 0.240. The van der Waals surface area contributed by atoms with Gasteiger partial charge in [-0.05, 0) is 29.8 Å². The van der Waals surface area contributed by atoms with Gasteiger partial charge in [-0.1, -0.05) is 18.2 Å². The number of hydrogen-bond donors (Lipinski definition) is 2. The van der Waals surface area contributed by atoms with Gasteiger partial charge in [0.05, 0.1) is 20.6 Å². The van der Waals surface area contributed by atoms with Gasteiger partial charge in [0.15, 0.2) is 11.5 Å². The van der Waals surface area contributed by atoms with Crippen molar-refractivity contribution in [3.05, 3.63) is 48.0 Å². The third-order valence-electron chi connectivity index (χ3n) is 3.52. The van der Waals surface area contributed by atoms with E-state index in [1.807, 2.05) is 30.3 Å². The molecule has 0 radical (unpaired) electrons. The maximum absolute atomic E-state index is 12.2. The molecule has 0 aliphatic rings. The third-order valence-corrected chi connectivity index (χ3v) is 3.52. The molecule has 6 heteroatoms. The zero-order chi connectivity index (χ0) is 16.2. The molecule has 0 aliphatic heterocycles. The maximum atomic E-state index is 12.2. The van der Waals surface area contributed by atoms with Gasteiger partial charge in [-0.2, -0.15) is 0 Å². The van der Waals surface area contributed by atoms with Crippen LogP contribution in [0.15, 0.2) is 42.5 Å². The number of amides is 1. The van der Waals surface area contributed by atoms with E-state index in [0.717, 1.165) is 16.6 Å². The summed E-state index contributed by atoms with van der Waals surface area (Å²) in [4.78, 5) is 18.4. The molecule has 0 fully saturated rings. The number of H-pyrrole nitrogens is 2. The molecule has 118 valence electrons. The minimum Gasteiger partial charge on any atom is -0.493 e. The Labute approximate surface area is 133 Å². The predicted molar refractivity (Wildman–Crippen MR) is 86.7 cm³/mol. The standard InChI is InChI=1S/C17H17N3O3/c1-22-14-8-7-11(9-15(14)23-2)10-16(21)20-17-18-12-5-3-4-6-13(12)19-17/h3-9H,10H2,1-2H3,(H2,18,19,20,21)/p+1. The summed E-state index contributed by atoms with van der Waals surface area (Å²) in [7, 11) is 3.15.